The molecule has 0 saturated carbocycles. The standard InChI is InChI=1S/C10H13NO5S/c1-6-2-3-9(16-6)7-4-17(14,15)5-8(11-7)10(12)13/h2-3,7-8,11H,4-5H2,1H3,(H,12,13). The average Bonchev–Trinajstić information content (AvgIpc) is 2.62. The first kappa shape index (κ1) is 12.1. The lowest BCUT2D eigenvalue weighted by atomic mass is 10.2. The maximum Gasteiger partial charge on any atom is 0.321 e. The van der Waals surface area contributed by atoms with Crippen molar-refractivity contribution in [1.82, 2.24) is 5.32 Å². The number of carboxylic acid groups (broad SMARTS) is 1. The number of hydrogen-bond acceptors (Lipinski definition) is 5. The van der Waals surface area contributed by atoms with E-state index in [0.717, 1.165) is 0 Å². The van der Waals surface area contributed by atoms with Crippen molar-refractivity contribution in [3.05, 3.63) is 23.7 Å². The quantitative estimate of drug-likeness (QED) is 0.782. The molecule has 2 N–H and O–H groups in total. The zero-order chi connectivity index (χ0) is 12.6. The molecule has 1 saturated heterocycles. The van der Waals surface area contributed by atoms with E-state index < -0.39 is 27.9 Å². The van der Waals surface area contributed by atoms with Crippen molar-refractivity contribution in [2.45, 2.75) is 19.0 Å². The maximum atomic E-state index is 11.6. The molecule has 1 aromatic rings. The van der Waals surface area contributed by atoms with Crippen LogP contribution in [0.1, 0.15) is 17.6 Å². The molecule has 2 rings (SSSR count). The fourth-order valence-electron chi connectivity index (χ4n) is 1.86. The fraction of sp³-hybridized carbons (Fsp3) is 0.500. The topological polar surface area (TPSA) is 96.6 Å². The molecular weight excluding hydrogens is 246 g/mol. The Morgan fingerprint density at radius 2 is 2.18 bits per heavy atom. The van der Waals surface area contributed by atoms with E-state index in [9.17, 15) is 13.2 Å². The molecule has 0 aromatic carbocycles. The van der Waals surface area contributed by atoms with Crippen LogP contribution < -0.4 is 5.32 Å². The number of aryl methyl sites for hydroxylation is 1. The Hall–Kier alpha value is -1.34. The predicted octanol–water partition coefficient (Wildman–Crippen LogP) is 0.100. The summed E-state index contributed by atoms with van der Waals surface area (Å²) in [5.74, 6) is -0.558. The van der Waals surface area contributed by atoms with Crippen LogP contribution in [0.4, 0.5) is 0 Å². The molecule has 0 aliphatic carbocycles. The van der Waals surface area contributed by atoms with Gasteiger partial charge in [0.15, 0.2) is 9.84 Å². The lowest BCUT2D eigenvalue weighted by Gasteiger charge is -2.27. The van der Waals surface area contributed by atoms with Crippen LogP contribution in [0.15, 0.2) is 16.5 Å². The number of rotatable bonds is 2. The van der Waals surface area contributed by atoms with E-state index in [4.69, 9.17) is 9.52 Å². The Labute approximate surface area is 98.5 Å². The molecule has 1 aromatic heterocycles. The highest BCUT2D eigenvalue weighted by Gasteiger charge is 2.36. The minimum absolute atomic E-state index is 0.135. The first-order valence-corrected chi connectivity index (χ1v) is 6.95. The Morgan fingerprint density at radius 1 is 1.47 bits per heavy atom. The smallest absolute Gasteiger partial charge is 0.321 e. The summed E-state index contributed by atoms with van der Waals surface area (Å²) in [7, 11) is -3.37. The fourth-order valence-corrected chi connectivity index (χ4v) is 3.51. The first-order chi connectivity index (χ1) is 7.87. The van der Waals surface area contributed by atoms with Gasteiger partial charge >= 0.3 is 5.97 Å². The Morgan fingerprint density at radius 3 is 2.71 bits per heavy atom. The third kappa shape index (κ3) is 2.67. The van der Waals surface area contributed by atoms with Gasteiger partial charge in [0, 0.05) is 0 Å². The molecule has 0 radical (unpaired) electrons. The number of nitrogens with one attached hydrogen (secondary N) is 1. The SMILES string of the molecule is Cc1ccc(C2CS(=O)(=O)CC(C(=O)O)N2)o1. The van der Waals surface area contributed by atoms with Crippen molar-refractivity contribution in [1.29, 1.82) is 0 Å². The summed E-state index contributed by atoms with van der Waals surface area (Å²) >= 11 is 0. The normalized spacial score (nSPS) is 27.8. The zero-order valence-corrected chi connectivity index (χ0v) is 10.0. The second-order valence-corrected chi connectivity index (χ2v) is 6.29. The molecular formula is C10H13NO5S. The van der Waals surface area contributed by atoms with Gasteiger partial charge < -0.3 is 9.52 Å². The van der Waals surface area contributed by atoms with Gasteiger partial charge in [0.05, 0.1) is 17.5 Å². The summed E-state index contributed by atoms with van der Waals surface area (Å²) in [6, 6.07) is 1.70. The second kappa shape index (κ2) is 4.15. The monoisotopic (exact) mass is 259 g/mol. The molecule has 1 aliphatic heterocycles. The minimum atomic E-state index is -3.37. The highest BCUT2D eigenvalue weighted by molar-refractivity contribution is 7.91. The van der Waals surface area contributed by atoms with Crippen molar-refractivity contribution in [3.63, 3.8) is 0 Å². The molecule has 7 heteroatoms. The molecule has 0 amide bonds. The predicted molar refractivity (Wildman–Crippen MR) is 59.4 cm³/mol. The number of aliphatic carboxylic acids is 1. The van der Waals surface area contributed by atoms with Gasteiger partial charge in [-0.1, -0.05) is 0 Å². The molecule has 2 unspecified atom stereocenters. The van der Waals surface area contributed by atoms with Crippen molar-refractivity contribution in [2.75, 3.05) is 11.5 Å². The van der Waals surface area contributed by atoms with Crippen molar-refractivity contribution < 1.29 is 22.7 Å². The highest BCUT2D eigenvalue weighted by atomic mass is 32.2. The van der Waals surface area contributed by atoms with E-state index in [2.05, 4.69) is 5.32 Å². The van der Waals surface area contributed by atoms with Gasteiger partial charge in [-0.05, 0) is 19.1 Å². The van der Waals surface area contributed by atoms with Gasteiger partial charge in [-0.25, -0.2) is 8.42 Å². The Balaban J connectivity index is 2.27. The van der Waals surface area contributed by atoms with Crippen LogP contribution in [-0.4, -0.2) is 37.0 Å². The van der Waals surface area contributed by atoms with Crippen molar-refractivity contribution in [2.24, 2.45) is 0 Å². The Kier molecular flexibility index (Phi) is 2.96. The second-order valence-electron chi connectivity index (χ2n) is 4.14. The number of furan rings is 1. The van der Waals surface area contributed by atoms with Gasteiger partial charge in [0.1, 0.15) is 17.6 Å². The van der Waals surface area contributed by atoms with Crippen LogP contribution in [0.2, 0.25) is 0 Å². The third-order valence-corrected chi connectivity index (χ3v) is 4.33. The van der Waals surface area contributed by atoms with Crippen molar-refractivity contribution >= 4 is 15.8 Å². The van der Waals surface area contributed by atoms with Crippen molar-refractivity contribution in [3.8, 4) is 0 Å². The number of carboxylic acids is 1. The molecule has 94 valence electrons. The molecule has 17 heavy (non-hydrogen) atoms. The summed E-state index contributed by atoms with van der Waals surface area (Å²) in [6.45, 7) is 1.75. The van der Waals surface area contributed by atoms with Crippen LogP contribution in [0.5, 0.6) is 0 Å². The van der Waals surface area contributed by atoms with Gasteiger partial charge in [-0.2, -0.15) is 0 Å². The van der Waals surface area contributed by atoms with Gasteiger partial charge in [-0.15, -0.1) is 0 Å². The zero-order valence-electron chi connectivity index (χ0n) is 9.21. The molecule has 0 bridgehead atoms. The van der Waals surface area contributed by atoms with Crippen LogP contribution in [0, 0.1) is 6.92 Å². The van der Waals surface area contributed by atoms with E-state index in [1.165, 1.54) is 0 Å². The lowest BCUT2D eigenvalue weighted by molar-refractivity contribution is -0.139. The first-order valence-electron chi connectivity index (χ1n) is 5.13. The summed E-state index contributed by atoms with van der Waals surface area (Å²) in [6.07, 6.45) is 0. The van der Waals surface area contributed by atoms with E-state index in [-0.39, 0.29) is 11.5 Å². The molecule has 2 atom stereocenters. The van der Waals surface area contributed by atoms with E-state index in [1.807, 2.05) is 0 Å². The number of sulfone groups is 1. The minimum Gasteiger partial charge on any atom is -0.480 e. The number of hydrogen-bond donors (Lipinski definition) is 2. The summed E-state index contributed by atoms with van der Waals surface area (Å²) in [5, 5.41) is 11.6. The maximum absolute atomic E-state index is 11.6. The van der Waals surface area contributed by atoms with Gasteiger partial charge in [0.2, 0.25) is 0 Å². The average molecular weight is 259 g/mol. The molecule has 1 fully saturated rings. The molecule has 0 spiro atoms. The lowest BCUT2D eigenvalue weighted by Crippen LogP contribution is -2.51. The van der Waals surface area contributed by atoms with Gasteiger partial charge in [-0.3, -0.25) is 10.1 Å². The summed E-state index contributed by atoms with van der Waals surface area (Å²) in [5.41, 5.74) is 0. The summed E-state index contributed by atoms with van der Waals surface area (Å²) < 4.78 is 28.5. The van der Waals surface area contributed by atoms with E-state index >= 15 is 0 Å². The van der Waals surface area contributed by atoms with Crippen LogP contribution in [0.25, 0.3) is 0 Å². The molecule has 1 aliphatic rings. The number of carbonyl (C=O) groups is 1. The van der Waals surface area contributed by atoms with E-state index in [0.29, 0.717) is 11.5 Å². The molecule has 2 heterocycles. The summed E-state index contributed by atoms with van der Waals surface area (Å²) in [4.78, 5) is 10.9. The highest BCUT2D eigenvalue weighted by Crippen LogP contribution is 2.22. The van der Waals surface area contributed by atoms with Crippen LogP contribution in [0.3, 0.4) is 0 Å². The van der Waals surface area contributed by atoms with Crippen LogP contribution >= 0.6 is 0 Å². The molecule has 6 nitrogen and oxygen atoms in total. The Bertz CT molecular complexity index is 533. The van der Waals surface area contributed by atoms with Gasteiger partial charge in [0.25, 0.3) is 0 Å². The van der Waals surface area contributed by atoms with Crippen LogP contribution in [-0.2, 0) is 14.6 Å². The largest absolute Gasteiger partial charge is 0.480 e. The van der Waals surface area contributed by atoms with E-state index in [1.54, 1.807) is 19.1 Å². The third-order valence-electron chi connectivity index (χ3n) is 2.65.